The predicted octanol–water partition coefficient (Wildman–Crippen LogP) is 5.81. The molecule has 1 amide bonds. The molecular weight excluding hydrogens is 508 g/mol. The Balaban J connectivity index is 1.42. The number of nitrogens with zero attached hydrogens (tertiary/aromatic N) is 3. The van der Waals surface area contributed by atoms with Crippen LogP contribution in [0.4, 0.5) is 5.00 Å². The summed E-state index contributed by atoms with van der Waals surface area (Å²) in [6.45, 7) is 8.09. The van der Waals surface area contributed by atoms with Gasteiger partial charge >= 0.3 is 5.97 Å². The van der Waals surface area contributed by atoms with E-state index in [1.165, 1.54) is 33.5 Å². The fourth-order valence-corrected chi connectivity index (χ4v) is 6.53. The molecule has 10 heteroatoms. The summed E-state index contributed by atoms with van der Waals surface area (Å²) in [5.74, 6) is 1.07. The van der Waals surface area contributed by atoms with Crippen LogP contribution in [0.3, 0.4) is 0 Å². The van der Waals surface area contributed by atoms with Crippen LogP contribution in [0.1, 0.15) is 77.0 Å². The SMILES string of the molecule is CCOC(=O)c1c(NC(=O)CSc2nnc(C(C)Oc3ccc(C)cc3C)n2C)sc2c1CCCCC2. The summed E-state index contributed by atoms with van der Waals surface area (Å²) in [4.78, 5) is 26.8. The maximum absolute atomic E-state index is 12.9. The van der Waals surface area contributed by atoms with Gasteiger partial charge in [0.15, 0.2) is 17.1 Å². The average Bonchev–Trinajstić information content (AvgIpc) is 3.30. The molecule has 0 fully saturated rings. The predicted molar refractivity (Wildman–Crippen MR) is 147 cm³/mol. The molecule has 0 radical (unpaired) electrons. The standard InChI is InChI=1S/C27H34N4O4S2/c1-6-34-26(33)23-19-10-8-7-9-11-21(19)37-25(23)28-22(32)15-36-27-30-29-24(31(27)5)18(4)35-20-13-12-16(2)14-17(20)3/h12-14,18H,6-11,15H2,1-5H3,(H,28,32). The van der Waals surface area contributed by atoms with Crippen LogP contribution in [0.5, 0.6) is 5.75 Å². The quantitative estimate of drug-likeness (QED) is 0.207. The second kappa shape index (κ2) is 12.1. The van der Waals surface area contributed by atoms with E-state index in [0.717, 1.165) is 49.0 Å². The van der Waals surface area contributed by atoms with Crippen molar-refractivity contribution in [2.45, 2.75) is 71.1 Å². The Bertz CT molecular complexity index is 1280. The summed E-state index contributed by atoms with van der Waals surface area (Å²) in [6, 6.07) is 6.06. The first-order chi connectivity index (χ1) is 17.8. The number of thioether (sulfide) groups is 1. The van der Waals surface area contributed by atoms with Gasteiger partial charge in [-0.15, -0.1) is 21.5 Å². The molecule has 2 heterocycles. The van der Waals surface area contributed by atoms with E-state index in [4.69, 9.17) is 9.47 Å². The fourth-order valence-electron chi connectivity index (χ4n) is 4.52. The topological polar surface area (TPSA) is 95.3 Å². The molecule has 1 aliphatic carbocycles. The number of carbonyl (C=O) groups is 2. The molecule has 1 aromatic carbocycles. The van der Waals surface area contributed by atoms with E-state index in [-0.39, 0.29) is 23.7 Å². The van der Waals surface area contributed by atoms with Crippen LogP contribution in [0.25, 0.3) is 0 Å². The largest absolute Gasteiger partial charge is 0.482 e. The van der Waals surface area contributed by atoms with Crippen LogP contribution in [0, 0.1) is 13.8 Å². The van der Waals surface area contributed by atoms with Gasteiger partial charge in [-0.3, -0.25) is 4.79 Å². The zero-order chi connectivity index (χ0) is 26.5. The van der Waals surface area contributed by atoms with Gasteiger partial charge in [0, 0.05) is 11.9 Å². The molecule has 1 atom stereocenters. The molecule has 1 aliphatic rings. The number of ether oxygens (including phenoxy) is 2. The van der Waals surface area contributed by atoms with E-state index < -0.39 is 0 Å². The van der Waals surface area contributed by atoms with Crippen LogP contribution >= 0.6 is 23.1 Å². The Morgan fingerprint density at radius 1 is 1.19 bits per heavy atom. The average molecular weight is 543 g/mol. The van der Waals surface area contributed by atoms with E-state index in [0.29, 0.717) is 28.2 Å². The zero-order valence-corrected chi connectivity index (χ0v) is 23.7. The van der Waals surface area contributed by atoms with Crippen molar-refractivity contribution < 1.29 is 19.1 Å². The van der Waals surface area contributed by atoms with Crippen LogP contribution in [0.15, 0.2) is 23.4 Å². The second-order valence-corrected chi connectivity index (χ2v) is 11.3. The van der Waals surface area contributed by atoms with Gasteiger partial charge < -0.3 is 19.4 Å². The molecule has 0 saturated carbocycles. The Hall–Kier alpha value is -2.85. The third-order valence-corrected chi connectivity index (χ3v) is 8.58. The molecule has 0 aliphatic heterocycles. The van der Waals surface area contributed by atoms with Crippen molar-refractivity contribution in [3.63, 3.8) is 0 Å². The number of benzene rings is 1. The van der Waals surface area contributed by atoms with E-state index in [1.807, 2.05) is 44.5 Å². The summed E-state index contributed by atoms with van der Waals surface area (Å²) in [5, 5.41) is 12.8. The normalized spacial score (nSPS) is 14.0. The van der Waals surface area contributed by atoms with Crippen LogP contribution in [0.2, 0.25) is 0 Å². The number of aromatic nitrogens is 3. The van der Waals surface area contributed by atoms with Gasteiger partial charge in [0.25, 0.3) is 0 Å². The number of esters is 1. The highest BCUT2D eigenvalue weighted by atomic mass is 32.2. The summed E-state index contributed by atoms with van der Waals surface area (Å²) in [6.07, 6.45) is 4.75. The maximum Gasteiger partial charge on any atom is 0.341 e. The minimum Gasteiger partial charge on any atom is -0.482 e. The Kier molecular flexibility index (Phi) is 8.91. The van der Waals surface area contributed by atoms with Crippen molar-refractivity contribution in [3.05, 3.63) is 51.2 Å². The number of nitrogens with one attached hydrogen (secondary N) is 1. The van der Waals surface area contributed by atoms with Crippen LogP contribution in [-0.2, 0) is 29.4 Å². The molecule has 1 unspecified atom stereocenters. The Labute approximate surface area is 226 Å². The summed E-state index contributed by atoms with van der Waals surface area (Å²) >= 11 is 2.80. The number of hydrogen-bond acceptors (Lipinski definition) is 8. The van der Waals surface area contributed by atoms with Crippen LogP contribution < -0.4 is 10.1 Å². The van der Waals surface area contributed by atoms with E-state index >= 15 is 0 Å². The summed E-state index contributed by atoms with van der Waals surface area (Å²) < 4.78 is 13.3. The van der Waals surface area contributed by atoms with Crippen molar-refractivity contribution in [1.29, 1.82) is 0 Å². The molecule has 3 aromatic rings. The molecule has 8 nitrogen and oxygen atoms in total. The maximum atomic E-state index is 12.9. The molecule has 1 N–H and O–H groups in total. The van der Waals surface area contributed by atoms with E-state index in [9.17, 15) is 9.59 Å². The van der Waals surface area contributed by atoms with Gasteiger partial charge in [-0.25, -0.2) is 4.79 Å². The lowest BCUT2D eigenvalue weighted by Gasteiger charge is -2.16. The highest BCUT2D eigenvalue weighted by Crippen LogP contribution is 2.38. The van der Waals surface area contributed by atoms with Crippen molar-refractivity contribution in [3.8, 4) is 5.75 Å². The van der Waals surface area contributed by atoms with Crippen LogP contribution in [-0.4, -0.2) is 39.0 Å². The minimum atomic E-state index is -0.361. The van der Waals surface area contributed by atoms with Gasteiger partial charge in [-0.05, 0) is 70.6 Å². The van der Waals surface area contributed by atoms with E-state index in [1.54, 1.807) is 6.92 Å². The molecule has 0 bridgehead atoms. The van der Waals surface area contributed by atoms with Gasteiger partial charge in [-0.2, -0.15) is 0 Å². The number of fused-ring (bicyclic) bond motifs is 1. The third-order valence-electron chi connectivity index (χ3n) is 6.35. The Morgan fingerprint density at radius 3 is 2.73 bits per heavy atom. The van der Waals surface area contributed by atoms with Crippen molar-refractivity contribution >= 4 is 40.0 Å². The summed E-state index contributed by atoms with van der Waals surface area (Å²) in [5.41, 5.74) is 3.81. The number of hydrogen-bond donors (Lipinski definition) is 1. The second-order valence-electron chi connectivity index (χ2n) is 9.25. The molecule has 0 spiro atoms. The first kappa shape index (κ1) is 27.2. The lowest BCUT2D eigenvalue weighted by atomic mass is 10.1. The number of carbonyl (C=O) groups excluding carboxylic acids is 2. The lowest BCUT2D eigenvalue weighted by molar-refractivity contribution is -0.113. The molecule has 198 valence electrons. The van der Waals surface area contributed by atoms with Crippen molar-refractivity contribution in [2.24, 2.45) is 7.05 Å². The lowest BCUT2D eigenvalue weighted by Crippen LogP contribution is -2.17. The molecule has 37 heavy (non-hydrogen) atoms. The number of amides is 1. The smallest absolute Gasteiger partial charge is 0.341 e. The summed E-state index contributed by atoms with van der Waals surface area (Å²) in [7, 11) is 1.87. The van der Waals surface area contributed by atoms with Gasteiger partial charge in [-0.1, -0.05) is 35.9 Å². The Morgan fingerprint density at radius 2 is 1.97 bits per heavy atom. The molecular formula is C27H34N4O4S2. The zero-order valence-electron chi connectivity index (χ0n) is 22.1. The van der Waals surface area contributed by atoms with Crippen molar-refractivity contribution in [1.82, 2.24) is 14.8 Å². The number of rotatable bonds is 9. The fraction of sp³-hybridized carbons (Fsp3) is 0.481. The highest BCUT2D eigenvalue weighted by molar-refractivity contribution is 7.99. The highest BCUT2D eigenvalue weighted by Gasteiger charge is 2.27. The van der Waals surface area contributed by atoms with Gasteiger partial charge in [0.2, 0.25) is 5.91 Å². The van der Waals surface area contributed by atoms with E-state index in [2.05, 4.69) is 21.6 Å². The molecule has 4 rings (SSSR count). The van der Waals surface area contributed by atoms with Crippen molar-refractivity contribution in [2.75, 3.05) is 17.7 Å². The number of thiophene rings is 1. The third kappa shape index (κ3) is 6.35. The monoisotopic (exact) mass is 542 g/mol. The minimum absolute atomic E-state index is 0.142. The first-order valence-electron chi connectivity index (χ1n) is 12.7. The van der Waals surface area contributed by atoms with Gasteiger partial charge in [0.05, 0.1) is 17.9 Å². The number of aryl methyl sites for hydroxylation is 3. The first-order valence-corrected chi connectivity index (χ1v) is 14.5. The number of anilines is 1. The van der Waals surface area contributed by atoms with Gasteiger partial charge in [0.1, 0.15) is 10.8 Å². The molecule has 0 saturated heterocycles. The molecule has 2 aromatic heterocycles.